The summed E-state index contributed by atoms with van der Waals surface area (Å²) in [6.45, 7) is 2.55. The SMILES string of the molecule is CCOc1c(Cl)cc(C(=O)Nc2ccc(F)cc2)cc1OCc1ccccc1. The average molecular weight is 400 g/mol. The maximum Gasteiger partial charge on any atom is 0.255 e. The molecule has 0 aromatic heterocycles. The molecule has 0 saturated heterocycles. The van der Waals surface area contributed by atoms with Crippen molar-refractivity contribution < 1.29 is 18.7 Å². The van der Waals surface area contributed by atoms with Crippen molar-refractivity contribution in [3.8, 4) is 11.5 Å². The molecule has 144 valence electrons. The van der Waals surface area contributed by atoms with E-state index >= 15 is 0 Å². The highest BCUT2D eigenvalue weighted by Crippen LogP contribution is 2.37. The standard InChI is InChI=1S/C22H19ClFNO3/c1-2-27-21-19(23)12-16(22(26)25-18-10-8-17(24)9-11-18)13-20(21)28-14-15-6-4-3-5-7-15/h3-13H,2,14H2,1H3,(H,25,26). The van der Waals surface area contributed by atoms with E-state index in [4.69, 9.17) is 21.1 Å². The van der Waals surface area contributed by atoms with E-state index in [1.807, 2.05) is 37.3 Å². The number of carbonyl (C=O) groups excluding carboxylic acids is 1. The van der Waals surface area contributed by atoms with E-state index in [1.165, 1.54) is 30.3 Å². The van der Waals surface area contributed by atoms with Crippen LogP contribution in [-0.2, 0) is 6.61 Å². The second-order valence-corrected chi connectivity index (χ2v) is 6.36. The fourth-order valence-electron chi connectivity index (χ4n) is 2.56. The number of carbonyl (C=O) groups is 1. The third-order valence-corrected chi connectivity index (χ3v) is 4.18. The predicted octanol–water partition coefficient (Wildman–Crippen LogP) is 5.71. The van der Waals surface area contributed by atoms with Crippen LogP contribution >= 0.6 is 11.6 Å². The fourth-order valence-corrected chi connectivity index (χ4v) is 2.83. The molecule has 0 atom stereocenters. The van der Waals surface area contributed by atoms with Gasteiger partial charge in [-0.15, -0.1) is 0 Å². The Hall–Kier alpha value is -3.05. The molecule has 1 N–H and O–H groups in total. The van der Waals surface area contributed by atoms with Crippen molar-refractivity contribution in [1.82, 2.24) is 0 Å². The van der Waals surface area contributed by atoms with Crippen LogP contribution in [0.25, 0.3) is 0 Å². The normalized spacial score (nSPS) is 10.4. The molecule has 6 heteroatoms. The van der Waals surface area contributed by atoms with E-state index in [-0.39, 0.29) is 16.7 Å². The molecule has 0 heterocycles. The molecular formula is C22H19ClFNO3. The molecule has 3 aromatic rings. The third-order valence-electron chi connectivity index (χ3n) is 3.90. The minimum absolute atomic E-state index is 0.275. The predicted molar refractivity (Wildman–Crippen MR) is 108 cm³/mol. The lowest BCUT2D eigenvalue weighted by Gasteiger charge is -2.15. The molecule has 0 aliphatic carbocycles. The summed E-state index contributed by atoms with van der Waals surface area (Å²) in [4.78, 5) is 12.6. The number of amides is 1. The van der Waals surface area contributed by atoms with Crippen molar-refractivity contribution in [3.63, 3.8) is 0 Å². The van der Waals surface area contributed by atoms with Crippen molar-refractivity contribution in [2.75, 3.05) is 11.9 Å². The van der Waals surface area contributed by atoms with Crippen LogP contribution in [0, 0.1) is 5.82 Å². The van der Waals surface area contributed by atoms with E-state index in [1.54, 1.807) is 6.07 Å². The van der Waals surface area contributed by atoms with Crippen molar-refractivity contribution in [2.24, 2.45) is 0 Å². The highest BCUT2D eigenvalue weighted by Gasteiger charge is 2.17. The minimum atomic E-state index is -0.388. The number of nitrogens with one attached hydrogen (secondary N) is 1. The average Bonchev–Trinajstić information content (AvgIpc) is 2.70. The molecule has 1 amide bonds. The summed E-state index contributed by atoms with van der Waals surface area (Å²) >= 11 is 6.33. The van der Waals surface area contributed by atoms with Gasteiger partial charge in [-0.05, 0) is 48.9 Å². The number of ether oxygens (including phenoxy) is 2. The molecule has 3 rings (SSSR count). The van der Waals surface area contributed by atoms with Crippen LogP contribution < -0.4 is 14.8 Å². The Morgan fingerprint density at radius 2 is 1.75 bits per heavy atom. The molecule has 4 nitrogen and oxygen atoms in total. The summed E-state index contributed by atoms with van der Waals surface area (Å²) in [6, 6.07) is 18.2. The van der Waals surface area contributed by atoms with Gasteiger partial charge in [0.05, 0.1) is 11.6 Å². The second-order valence-electron chi connectivity index (χ2n) is 5.95. The highest BCUT2D eigenvalue weighted by atomic mass is 35.5. The van der Waals surface area contributed by atoms with Crippen LogP contribution in [0.4, 0.5) is 10.1 Å². The van der Waals surface area contributed by atoms with Gasteiger partial charge in [-0.3, -0.25) is 4.79 Å². The molecule has 0 fully saturated rings. The highest BCUT2D eigenvalue weighted by molar-refractivity contribution is 6.32. The Labute approximate surface area is 167 Å². The first-order valence-electron chi connectivity index (χ1n) is 8.77. The first kappa shape index (κ1) is 19.7. The Morgan fingerprint density at radius 1 is 1.04 bits per heavy atom. The van der Waals surface area contributed by atoms with Crippen molar-refractivity contribution in [3.05, 3.63) is 88.7 Å². The van der Waals surface area contributed by atoms with Gasteiger partial charge in [-0.25, -0.2) is 4.39 Å². The topological polar surface area (TPSA) is 47.6 Å². The zero-order chi connectivity index (χ0) is 19.9. The van der Waals surface area contributed by atoms with E-state index in [9.17, 15) is 9.18 Å². The van der Waals surface area contributed by atoms with Crippen molar-refractivity contribution in [1.29, 1.82) is 0 Å². The van der Waals surface area contributed by atoms with Gasteiger partial charge in [0.15, 0.2) is 11.5 Å². The minimum Gasteiger partial charge on any atom is -0.488 e. The van der Waals surface area contributed by atoms with Crippen LogP contribution in [0.3, 0.4) is 0 Å². The molecule has 0 saturated carbocycles. The maximum absolute atomic E-state index is 13.0. The van der Waals surface area contributed by atoms with Crippen LogP contribution in [0.5, 0.6) is 11.5 Å². The first-order chi connectivity index (χ1) is 13.6. The molecule has 0 radical (unpaired) electrons. The smallest absolute Gasteiger partial charge is 0.255 e. The molecule has 0 bridgehead atoms. The van der Waals surface area contributed by atoms with Crippen LogP contribution in [-0.4, -0.2) is 12.5 Å². The Kier molecular flexibility index (Phi) is 6.50. The lowest BCUT2D eigenvalue weighted by Crippen LogP contribution is -2.12. The molecule has 0 unspecified atom stereocenters. The van der Waals surface area contributed by atoms with E-state index in [0.29, 0.717) is 36.0 Å². The van der Waals surface area contributed by atoms with Crippen molar-refractivity contribution in [2.45, 2.75) is 13.5 Å². The Bertz CT molecular complexity index is 946. The zero-order valence-corrected chi connectivity index (χ0v) is 16.0. The number of anilines is 1. The van der Waals surface area contributed by atoms with Gasteiger partial charge in [-0.2, -0.15) is 0 Å². The van der Waals surface area contributed by atoms with E-state index in [0.717, 1.165) is 5.56 Å². The number of rotatable bonds is 7. The number of halogens is 2. The number of hydrogen-bond donors (Lipinski definition) is 1. The quantitative estimate of drug-likeness (QED) is 0.553. The molecule has 3 aromatic carbocycles. The molecule has 28 heavy (non-hydrogen) atoms. The van der Waals surface area contributed by atoms with Gasteiger partial charge >= 0.3 is 0 Å². The zero-order valence-electron chi connectivity index (χ0n) is 15.2. The van der Waals surface area contributed by atoms with Gasteiger partial charge in [0, 0.05) is 11.3 Å². The molecular weight excluding hydrogens is 381 g/mol. The number of hydrogen-bond acceptors (Lipinski definition) is 3. The fraction of sp³-hybridized carbons (Fsp3) is 0.136. The van der Waals surface area contributed by atoms with E-state index < -0.39 is 0 Å². The summed E-state index contributed by atoms with van der Waals surface area (Å²) < 4.78 is 24.5. The van der Waals surface area contributed by atoms with Crippen LogP contribution in [0.2, 0.25) is 5.02 Å². The lowest BCUT2D eigenvalue weighted by molar-refractivity contribution is 0.102. The molecule has 0 aliphatic rings. The largest absolute Gasteiger partial charge is 0.488 e. The maximum atomic E-state index is 13.0. The summed E-state index contributed by atoms with van der Waals surface area (Å²) in [7, 11) is 0. The van der Waals surface area contributed by atoms with Crippen LogP contribution in [0.15, 0.2) is 66.7 Å². The monoisotopic (exact) mass is 399 g/mol. The Balaban J connectivity index is 1.83. The first-order valence-corrected chi connectivity index (χ1v) is 9.14. The summed E-state index contributed by atoms with van der Waals surface area (Å²) in [6.07, 6.45) is 0. The second kappa shape index (κ2) is 9.24. The number of benzene rings is 3. The van der Waals surface area contributed by atoms with Gasteiger partial charge < -0.3 is 14.8 Å². The van der Waals surface area contributed by atoms with Gasteiger partial charge in [0.2, 0.25) is 0 Å². The summed E-state index contributed by atoms with van der Waals surface area (Å²) in [5.41, 5.74) is 1.76. The van der Waals surface area contributed by atoms with Gasteiger partial charge in [-0.1, -0.05) is 41.9 Å². The summed E-state index contributed by atoms with van der Waals surface area (Å²) in [5, 5.41) is 2.98. The molecule has 0 spiro atoms. The van der Waals surface area contributed by atoms with E-state index in [2.05, 4.69) is 5.32 Å². The Morgan fingerprint density at radius 3 is 2.43 bits per heavy atom. The third kappa shape index (κ3) is 5.02. The van der Waals surface area contributed by atoms with Gasteiger partial charge in [0.1, 0.15) is 12.4 Å². The van der Waals surface area contributed by atoms with Crippen molar-refractivity contribution >= 4 is 23.2 Å². The van der Waals surface area contributed by atoms with Crippen LogP contribution in [0.1, 0.15) is 22.8 Å². The summed E-state index contributed by atoms with van der Waals surface area (Å²) in [5.74, 6) is 0.000663. The lowest BCUT2D eigenvalue weighted by atomic mass is 10.1. The molecule has 0 aliphatic heterocycles. The van der Waals surface area contributed by atoms with Gasteiger partial charge in [0.25, 0.3) is 5.91 Å².